The minimum atomic E-state index is -0.625. The molecule has 4 rings (SSSR count). The van der Waals surface area contributed by atoms with Gasteiger partial charge in [-0.2, -0.15) is 0 Å². The fraction of sp³-hybridized carbons (Fsp3) is 0.424. The average Bonchev–Trinajstić information content (AvgIpc) is 3.61. The van der Waals surface area contributed by atoms with Crippen molar-refractivity contribution in [1.29, 1.82) is 0 Å². The Morgan fingerprint density at radius 1 is 1.05 bits per heavy atom. The minimum Gasteiger partial charge on any atom is -0.497 e. The Kier molecular flexibility index (Phi) is 10.6. The number of nitrogens with one attached hydrogen (secondary N) is 2. The van der Waals surface area contributed by atoms with E-state index in [0.29, 0.717) is 31.0 Å². The molecule has 7 nitrogen and oxygen atoms in total. The summed E-state index contributed by atoms with van der Waals surface area (Å²) in [6.45, 7) is 8.98. The molecule has 2 aromatic carbocycles. The summed E-state index contributed by atoms with van der Waals surface area (Å²) in [6.07, 6.45) is 4.00. The first-order valence-electron chi connectivity index (χ1n) is 14.6. The molecule has 2 N–H and O–H groups in total. The Morgan fingerprint density at radius 2 is 1.85 bits per heavy atom. The third kappa shape index (κ3) is 7.76. The first-order valence-corrected chi connectivity index (χ1v) is 15.5. The van der Waals surface area contributed by atoms with E-state index in [1.165, 1.54) is 4.88 Å². The number of carbonyl (C=O) groups is 2. The zero-order valence-corrected chi connectivity index (χ0v) is 25.6. The zero-order chi connectivity index (χ0) is 29.4. The van der Waals surface area contributed by atoms with Gasteiger partial charge in [0, 0.05) is 29.4 Å². The van der Waals surface area contributed by atoms with E-state index in [4.69, 9.17) is 9.72 Å². The molecule has 0 unspecified atom stereocenters. The predicted octanol–water partition coefficient (Wildman–Crippen LogP) is 6.56. The lowest BCUT2D eigenvalue weighted by Gasteiger charge is -2.20. The molecular weight excluding hydrogens is 532 g/mol. The van der Waals surface area contributed by atoms with Gasteiger partial charge in [0.2, 0.25) is 5.91 Å². The first kappa shape index (κ1) is 30.3. The van der Waals surface area contributed by atoms with Crippen LogP contribution in [0.25, 0.3) is 11.0 Å². The number of thiophene rings is 1. The van der Waals surface area contributed by atoms with Crippen LogP contribution >= 0.6 is 11.3 Å². The summed E-state index contributed by atoms with van der Waals surface area (Å²) in [4.78, 5) is 32.8. The standard InChI is InChI=1S/C33H42N4O3S/c1-6-25(7-2)37-30-14-13-24(20-28(30)35-31(37)21-27-12-9-17-41-27)32(38)36-29(18-22(3)4)33(39)34-16-15-23-10-8-11-26(19-23)40-5/h8-14,17,19-20,22,25,29H,6-7,15-16,18,21H2,1-5H3,(H,34,39)(H,36,38)/t29-/m0/s1. The normalized spacial score (nSPS) is 12.2. The van der Waals surface area contributed by atoms with Gasteiger partial charge in [-0.15, -0.1) is 11.3 Å². The van der Waals surface area contributed by atoms with Gasteiger partial charge < -0.3 is 19.9 Å². The van der Waals surface area contributed by atoms with E-state index in [1.807, 2.05) is 56.3 Å². The van der Waals surface area contributed by atoms with Crippen LogP contribution in [-0.2, 0) is 17.6 Å². The molecule has 0 spiro atoms. The lowest BCUT2D eigenvalue weighted by Crippen LogP contribution is -2.47. The third-order valence-corrected chi connectivity index (χ3v) is 8.30. The molecule has 1 atom stereocenters. The number of aromatic nitrogens is 2. The topological polar surface area (TPSA) is 85.2 Å². The molecule has 2 amide bonds. The maximum absolute atomic E-state index is 13.4. The lowest BCUT2D eigenvalue weighted by atomic mass is 10.0. The van der Waals surface area contributed by atoms with Gasteiger partial charge in [0.1, 0.15) is 17.6 Å². The van der Waals surface area contributed by atoms with Crippen molar-refractivity contribution in [2.24, 2.45) is 5.92 Å². The second-order valence-electron chi connectivity index (χ2n) is 10.9. The van der Waals surface area contributed by atoms with Crippen LogP contribution in [0.2, 0.25) is 0 Å². The van der Waals surface area contributed by atoms with Gasteiger partial charge in [0.05, 0.1) is 18.1 Å². The number of imidazole rings is 1. The molecule has 0 aliphatic heterocycles. The van der Waals surface area contributed by atoms with Crippen molar-refractivity contribution in [3.05, 3.63) is 81.8 Å². The van der Waals surface area contributed by atoms with E-state index in [2.05, 4.69) is 46.6 Å². The number of hydrogen-bond acceptors (Lipinski definition) is 5. The highest BCUT2D eigenvalue weighted by molar-refractivity contribution is 7.09. The van der Waals surface area contributed by atoms with Crippen LogP contribution in [0.15, 0.2) is 60.0 Å². The van der Waals surface area contributed by atoms with Crippen LogP contribution < -0.4 is 15.4 Å². The summed E-state index contributed by atoms with van der Waals surface area (Å²) in [5.74, 6) is 1.60. The predicted molar refractivity (Wildman–Crippen MR) is 167 cm³/mol. The van der Waals surface area contributed by atoms with Crippen molar-refractivity contribution in [3.8, 4) is 5.75 Å². The van der Waals surface area contributed by atoms with E-state index in [0.717, 1.165) is 47.4 Å². The molecule has 0 aliphatic rings. The Morgan fingerprint density at radius 3 is 2.54 bits per heavy atom. The lowest BCUT2D eigenvalue weighted by molar-refractivity contribution is -0.123. The van der Waals surface area contributed by atoms with Gasteiger partial charge in [-0.3, -0.25) is 9.59 Å². The molecule has 2 aromatic heterocycles. The van der Waals surface area contributed by atoms with E-state index in [-0.39, 0.29) is 17.7 Å². The number of carbonyl (C=O) groups excluding carboxylic acids is 2. The SMILES string of the molecule is CCC(CC)n1c(Cc2cccs2)nc2cc(C(=O)N[C@@H](CC(C)C)C(=O)NCCc3cccc(OC)c3)ccc21. The molecular formula is C33H42N4O3S. The maximum atomic E-state index is 13.4. The first-order chi connectivity index (χ1) is 19.8. The van der Waals surface area contributed by atoms with Gasteiger partial charge in [-0.05, 0) is 78.9 Å². The summed E-state index contributed by atoms with van der Waals surface area (Å²) in [5.41, 5.74) is 3.43. The summed E-state index contributed by atoms with van der Waals surface area (Å²) in [6, 6.07) is 17.4. The van der Waals surface area contributed by atoms with E-state index in [1.54, 1.807) is 18.4 Å². The second kappa shape index (κ2) is 14.3. The maximum Gasteiger partial charge on any atom is 0.252 e. The Hall–Kier alpha value is -3.65. The molecule has 4 aromatic rings. The molecule has 41 heavy (non-hydrogen) atoms. The van der Waals surface area contributed by atoms with Crippen LogP contribution in [0.3, 0.4) is 0 Å². The summed E-state index contributed by atoms with van der Waals surface area (Å²) >= 11 is 1.73. The smallest absolute Gasteiger partial charge is 0.252 e. The van der Waals surface area contributed by atoms with Crippen molar-refractivity contribution in [2.45, 2.75) is 71.9 Å². The highest BCUT2D eigenvalue weighted by Crippen LogP contribution is 2.28. The number of nitrogens with zero attached hydrogens (tertiary/aromatic N) is 2. The van der Waals surface area contributed by atoms with Crippen LogP contribution in [0.4, 0.5) is 0 Å². The number of ether oxygens (including phenoxy) is 1. The number of hydrogen-bond donors (Lipinski definition) is 2. The summed E-state index contributed by atoms with van der Waals surface area (Å²) < 4.78 is 7.63. The van der Waals surface area contributed by atoms with Crippen molar-refractivity contribution in [1.82, 2.24) is 20.2 Å². The summed E-state index contributed by atoms with van der Waals surface area (Å²) in [7, 11) is 1.64. The molecule has 0 radical (unpaired) electrons. The molecule has 2 heterocycles. The van der Waals surface area contributed by atoms with Gasteiger partial charge in [-0.25, -0.2) is 4.98 Å². The van der Waals surface area contributed by atoms with Crippen LogP contribution in [-0.4, -0.2) is 41.1 Å². The Balaban J connectivity index is 1.50. The van der Waals surface area contributed by atoms with Gasteiger partial charge in [-0.1, -0.05) is 45.9 Å². The number of fused-ring (bicyclic) bond motifs is 1. The highest BCUT2D eigenvalue weighted by Gasteiger charge is 2.24. The fourth-order valence-corrected chi connectivity index (χ4v) is 5.97. The number of methoxy groups -OCH3 is 1. The summed E-state index contributed by atoms with van der Waals surface area (Å²) in [5, 5.41) is 8.09. The van der Waals surface area contributed by atoms with Crippen molar-refractivity contribution >= 4 is 34.2 Å². The van der Waals surface area contributed by atoms with E-state index >= 15 is 0 Å². The van der Waals surface area contributed by atoms with Gasteiger partial charge in [0.15, 0.2) is 0 Å². The minimum absolute atomic E-state index is 0.174. The third-order valence-electron chi connectivity index (χ3n) is 7.42. The highest BCUT2D eigenvalue weighted by atomic mass is 32.1. The average molecular weight is 575 g/mol. The fourth-order valence-electron chi connectivity index (χ4n) is 5.27. The Labute approximate surface area is 247 Å². The molecule has 0 aliphatic carbocycles. The molecule has 0 bridgehead atoms. The zero-order valence-electron chi connectivity index (χ0n) is 24.8. The molecule has 0 fully saturated rings. The van der Waals surface area contributed by atoms with E-state index in [9.17, 15) is 9.59 Å². The number of benzene rings is 2. The van der Waals surface area contributed by atoms with Crippen LogP contribution in [0, 0.1) is 5.92 Å². The number of amides is 2. The Bertz CT molecular complexity index is 1440. The molecule has 0 saturated carbocycles. The van der Waals surface area contributed by atoms with Crippen molar-refractivity contribution in [3.63, 3.8) is 0 Å². The quantitative estimate of drug-likeness (QED) is 0.179. The van der Waals surface area contributed by atoms with Gasteiger partial charge >= 0.3 is 0 Å². The van der Waals surface area contributed by atoms with Crippen LogP contribution in [0.5, 0.6) is 5.75 Å². The van der Waals surface area contributed by atoms with E-state index < -0.39 is 6.04 Å². The molecule has 0 saturated heterocycles. The van der Waals surface area contributed by atoms with Crippen molar-refractivity contribution < 1.29 is 14.3 Å². The largest absolute Gasteiger partial charge is 0.497 e. The molecule has 8 heteroatoms. The monoisotopic (exact) mass is 574 g/mol. The molecule has 218 valence electrons. The number of rotatable bonds is 14. The van der Waals surface area contributed by atoms with Crippen molar-refractivity contribution in [2.75, 3.05) is 13.7 Å². The van der Waals surface area contributed by atoms with Gasteiger partial charge in [0.25, 0.3) is 5.91 Å². The van der Waals surface area contributed by atoms with Crippen LogP contribution in [0.1, 0.15) is 79.6 Å². The second-order valence-corrected chi connectivity index (χ2v) is 11.9.